The van der Waals surface area contributed by atoms with Crippen molar-refractivity contribution >= 4 is 17.7 Å². The van der Waals surface area contributed by atoms with Crippen molar-refractivity contribution in [3.63, 3.8) is 0 Å². The molecule has 4 unspecified atom stereocenters. The zero-order valence-electron chi connectivity index (χ0n) is 18.3. The van der Waals surface area contributed by atoms with E-state index < -0.39 is 23.8 Å². The van der Waals surface area contributed by atoms with E-state index in [9.17, 15) is 14.4 Å². The Balaban J connectivity index is 2.13. The van der Waals surface area contributed by atoms with Crippen LogP contribution >= 0.6 is 0 Å². The van der Waals surface area contributed by atoms with Gasteiger partial charge < -0.3 is 19.2 Å². The van der Waals surface area contributed by atoms with Crippen molar-refractivity contribution < 1.29 is 28.3 Å². The first-order chi connectivity index (χ1) is 14.2. The molecule has 2 heterocycles. The van der Waals surface area contributed by atoms with Crippen molar-refractivity contribution in [2.45, 2.75) is 59.5 Å². The number of hydrogen-bond donors (Lipinski definition) is 1. The number of rotatable bonds is 5. The van der Waals surface area contributed by atoms with Crippen molar-refractivity contribution in [2.75, 3.05) is 7.11 Å². The van der Waals surface area contributed by atoms with E-state index in [0.29, 0.717) is 46.9 Å². The molecular weight excluding hydrogens is 386 g/mol. The van der Waals surface area contributed by atoms with Crippen LogP contribution in [0.15, 0.2) is 39.1 Å². The third-order valence-electron chi connectivity index (χ3n) is 5.89. The van der Waals surface area contributed by atoms with E-state index in [1.54, 1.807) is 26.0 Å². The number of carbonyl (C=O) groups is 3. The molecule has 1 N–H and O–H groups in total. The summed E-state index contributed by atoms with van der Waals surface area (Å²) in [4.78, 5) is 39.0. The molecule has 1 aliphatic heterocycles. The first kappa shape index (κ1) is 21.9. The number of furan rings is 1. The molecule has 1 aliphatic carbocycles. The van der Waals surface area contributed by atoms with Crippen LogP contribution < -0.4 is 5.32 Å². The molecule has 0 fully saturated rings. The van der Waals surface area contributed by atoms with Gasteiger partial charge in [0.05, 0.1) is 24.7 Å². The van der Waals surface area contributed by atoms with E-state index in [0.717, 1.165) is 0 Å². The van der Waals surface area contributed by atoms with E-state index in [2.05, 4.69) is 5.32 Å². The minimum atomic E-state index is -0.917. The molecule has 0 aromatic carbocycles. The molecular formula is C23H29NO6. The molecule has 1 aromatic rings. The lowest BCUT2D eigenvalue weighted by Gasteiger charge is -2.37. The van der Waals surface area contributed by atoms with Gasteiger partial charge in [-0.3, -0.25) is 9.59 Å². The lowest BCUT2D eigenvalue weighted by atomic mass is 9.70. The fraction of sp³-hybridized carbons (Fsp3) is 0.522. The maximum Gasteiger partial charge on any atom is 0.337 e. The van der Waals surface area contributed by atoms with Gasteiger partial charge in [-0.2, -0.15) is 0 Å². The van der Waals surface area contributed by atoms with E-state index >= 15 is 0 Å². The number of nitrogens with one attached hydrogen (secondary N) is 1. The van der Waals surface area contributed by atoms with Gasteiger partial charge >= 0.3 is 11.9 Å². The van der Waals surface area contributed by atoms with Crippen LogP contribution in [-0.4, -0.2) is 30.9 Å². The van der Waals surface area contributed by atoms with Crippen LogP contribution in [0, 0.1) is 18.8 Å². The summed E-state index contributed by atoms with van der Waals surface area (Å²) >= 11 is 0. The van der Waals surface area contributed by atoms with Gasteiger partial charge in [-0.15, -0.1) is 0 Å². The Bertz CT molecular complexity index is 937. The van der Waals surface area contributed by atoms with Gasteiger partial charge in [0, 0.05) is 17.0 Å². The summed E-state index contributed by atoms with van der Waals surface area (Å²) in [6, 6.07) is 3.55. The quantitative estimate of drug-likeness (QED) is 0.580. The second-order valence-corrected chi connectivity index (χ2v) is 8.11. The molecule has 7 heteroatoms. The third-order valence-corrected chi connectivity index (χ3v) is 5.89. The summed E-state index contributed by atoms with van der Waals surface area (Å²) in [5, 5.41) is 3.23. The van der Waals surface area contributed by atoms with Gasteiger partial charge in [0.1, 0.15) is 17.4 Å². The fourth-order valence-corrected chi connectivity index (χ4v) is 4.17. The summed E-state index contributed by atoms with van der Waals surface area (Å²) < 4.78 is 16.3. The average molecular weight is 415 g/mol. The Labute approximate surface area is 176 Å². The van der Waals surface area contributed by atoms with Crippen molar-refractivity contribution in [3.8, 4) is 0 Å². The summed E-state index contributed by atoms with van der Waals surface area (Å²) in [7, 11) is 1.28. The maximum atomic E-state index is 13.5. The third kappa shape index (κ3) is 3.80. The molecule has 0 spiro atoms. The monoisotopic (exact) mass is 415 g/mol. The van der Waals surface area contributed by atoms with Gasteiger partial charge in [-0.1, -0.05) is 13.8 Å². The molecule has 162 valence electrons. The highest BCUT2D eigenvalue weighted by atomic mass is 16.5. The molecule has 3 rings (SSSR count). The molecule has 7 nitrogen and oxygen atoms in total. The van der Waals surface area contributed by atoms with Gasteiger partial charge in [0.15, 0.2) is 5.78 Å². The van der Waals surface area contributed by atoms with Crippen LogP contribution in [-0.2, 0) is 23.9 Å². The smallest absolute Gasteiger partial charge is 0.337 e. The number of allylic oxidation sites excluding steroid dienone is 3. The van der Waals surface area contributed by atoms with Gasteiger partial charge in [-0.25, -0.2) is 4.79 Å². The predicted molar refractivity (Wildman–Crippen MR) is 109 cm³/mol. The van der Waals surface area contributed by atoms with Gasteiger partial charge in [0.25, 0.3) is 0 Å². The van der Waals surface area contributed by atoms with Crippen LogP contribution in [0.3, 0.4) is 0 Å². The van der Waals surface area contributed by atoms with Crippen LogP contribution in [0.1, 0.15) is 58.0 Å². The molecule has 0 saturated heterocycles. The Hall–Kier alpha value is -2.83. The van der Waals surface area contributed by atoms with Gasteiger partial charge in [-0.05, 0) is 51.7 Å². The van der Waals surface area contributed by atoms with E-state index in [-0.39, 0.29) is 17.8 Å². The van der Waals surface area contributed by atoms with Crippen molar-refractivity contribution in [3.05, 3.63) is 46.2 Å². The first-order valence-corrected chi connectivity index (χ1v) is 10.3. The van der Waals surface area contributed by atoms with Crippen LogP contribution in [0.5, 0.6) is 0 Å². The minimum Gasteiger partial charge on any atom is -0.468 e. The molecule has 4 atom stereocenters. The largest absolute Gasteiger partial charge is 0.468 e. The van der Waals surface area contributed by atoms with E-state index in [4.69, 9.17) is 13.9 Å². The summed E-state index contributed by atoms with van der Waals surface area (Å²) in [6.45, 7) is 9.19. The SMILES string of the molecule is CCC(C)OC(=O)C1=C(C)NC2=C(C(=O)C(C(=O)OC)C(C)C2)C1c1ccc(C)o1. The molecule has 0 radical (unpaired) electrons. The molecule has 2 aliphatic rings. The topological polar surface area (TPSA) is 94.8 Å². The highest BCUT2D eigenvalue weighted by Gasteiger charge is 2.48. The second kappa shape index (κ2) is 8.50. The van der Waals surface area contributed by atoms with Gasteiger partial charge in [0.2, 0.25) is 0 Å². The molecule has 30 heavy (non-hydrogen) atoms. The van der Waals surface area contributed by atoms with E-state index in [1.165, 1.54) is 7.11 Å². The highest BCUT2D eigenvalue weighted by molar-refractivity contribution is 6.12. The lowest BCUT2D eigenvalue weighted by molar-refractivity contribution is -0.151. The Morgan fingerprint density at radius 2 is 2.00 bits per heavy atom. The fourth-order valence-electron chi connectivity index (χ4n) is 4.17. The molecule has 0 amide bonds. The maximum absolute atomic E-state index is 13.5. The Morgan fingerprint density at radius 3 is 2.57 bits per heavy atom. The number of aryl methyl sites for hydroxylation is 1. The molecule has 1 aromatic heterocycles. The Morgan fingerprint density at radius 1 is 1.30 bits per heavy atom. The van der Waals surface area contributed by atoms with Crippen LogP contribution in [0.2, 0.25) is 0 Å². The summed E-state index contributed by atoms with van der Waals surface area (Å²) in [5.74, 6) is -2.15. The minimum absolute atomic E-state index is 0.225. The predicted octanol–water partition coefficient (Wildman–Crippen LogP) is 3.54. The van der Waals surface area contributed by atoms with E-state index in [1.807, 2.05) is 20.8 Å². The zero-order chi connectivity index (χ0) is 22.2. The van der Waals surface area contributed by atoms with Crippen molar-refractivity contribution in [1.82, 2.24) is 5.32 Å². The number of ether oxygens (including phenoxy) is 2. The van der Waals surface area contributed by atoms with Crippen molar-refractivity contribution in [1.29, 1.82) is 0 Å². The highest BCUT2D eigenvalue weighted by Crippen LogP contribution is 2.45. The molecule has 0 saturated carbocycles. The summed E-state index contributed by atoms with van der Waals surface area (Å²) in [5.41, 5.74) is 2.04. The van der Waals surface area contributed by atoms with Crippen LogP contribution in [0.25, 0.3) is 0 Å². The number of esters is 2. The van der Waals surface area contributed by atoms with Crippen molar-refractivity contribution in [2.24, 2.45) is 11.8 Å². The Kier molecular flexibility index (Phi) is 6.19. The normalized spacial score (nSPS) is 24.9. The summed E-state index contributed by atoms with van der Waals surface area (Å²) in [6.07, 6.45) is 0.893. The average Bonchev–Trinajstić information content (AvgIpc) is 3.12. The number of Topliss-reactive ketones (excluding diaryl/α,β-unsaturated/α-hetero) is 1. The first-order valence-electron chi connectivity index (χ1n) is 10.3. The van der Waals surface area contributed by atoms with Crippen LogP contribution in [0.4, 0.5) is 0 Å². The number of methoxy groups -OCH3 is 1. The number of ketones is 1. The molecule has 0 bridgehead atoms. The standard InChI is InChI=1S/C23H29NO6/c1-7-12(3)30-23(27)18-14(5)24-15-10-11(2)17(22(26)28-6)21(25)19(15)20(18)16-9-8-13(4)29-16/h8-9,11-12,17,20,24H,7,10H2,1-6H3. The number of hydrogen-bond acceptors (Lipinski definition) is 7. The second-order valence-electron chi connectivity index (χ2n) is 8.11. The zero-order valence-corrected chi connectivity index (χ0v) is 18.3. The lowest BCUT2D eigenvalue weighted by Crippen LogP contribution is -2.43. The number of carbonyl (C=O) groups excluding carboxylic acids is 3. The number of dihydropyridines is 1.